The zero-order valence-electron chi connectivity index (χ0n) is 21.0. The van der Waals surface area contributed by atoms with Crippen LogP contribution in [0.25, 0.3) is 0 Å². The van der Waals surface area contributed by atoms with Crippen LogP contribution >= 0.6 is 0 Å². The molecular weight excluding hydrogens is 446 g/mol. The molecule has 1 saturated heterocycles. The fourth-order valence-corrected chi connectivity index (χ4v) is 4.51. The van der Waals surface area contributed by atoms with Crippen molar-refractivity contribution in [1.82, 2.24) is 15.1 Å². The molecule has 0 unspecified atom stereocenters. The van der Waals surface area contributed by atoms with E-state index in [0.29, 0.717) is 61.6 Å². The number of hydrogen-bond acceptors (Lipinski definition) is 5. The highest BCUT2D eigenvalue weighted by Crippen LogP contribution is 2.26. The zero-order valence-corrected chi connectivity index (χ0v) is 21.0. The van der Waals surface area contributed by atoms with E-state index in [-0.39, 0.29) is 23.6 Å². The summed E-state index contributed by atoms with van der Waals surface area (Å²) in [5, 5.41) is 2.99. The second-order valence-electron chi connectivity index (χ2n) is 8.52. The molecule has 0 aromatic heterocycles. The summed E-state index contributed by atoms with van der Waals surface area (Å²) >= 11 is 0. The summed E-state index contributed by atoms with van der Waals surface area (Å²) in [7, 11) is 3.12. The van der Waals surface area contributed by atoms with Gasteiger partial charge in [0.05, 0.1) is 19.8 Å². The molecule has 8 nitrogen and oxygen atoms in total. The second kappa shape index (κ2) is 12.2. The van der Waals surface area contributed by atoms with Crippen LogP contribution in [0.3, 0.4) is 0 Å². The first-order valence-corrected chi connectivity index (χ1v) is 12.1. The fourth-order valence-electron chi connectivity index (χ4n) is 4.51. The van der Waals surface area contributed by atoms with Gasteiger partial charge in [0.15, 0.2) is 0 Å². The average molecular weight is 482 g/mol. The largest absolute Gasteiger partial charge is 0.497 e. The van der Waals surface area contributed by atoms with Crippen molar-refractivity contribution in [3.63, 3.8) is 0 Å². The van der Waals surface area contributed by atoms with Crippen LogP contribution in [-0.2, 0) is 4.79 Å². The highest BCUT2D eigenvalue weighted by molar-refractivity contribution is 5.98. The van der Waals surface area contributed by atoms with E-state index < -0.39 is 6.04 Å². The van der Waals surface area contributed by atoms with E-state index in [1.807, 2.05) is 26.0 Å². The molecule has 0 aliphatic carbocycles. The summed E-state index contributed by atoms with van der Waals surface area (Å²) in [6, 6.07) is 13.3. The number of para-hydroxylation sites is 1. The number of nitrogens with one attached hydrogen (secondary N) is 1. The average Bonchev–Trinajstić information content (AvgIpc) is 2.91. The van der Waals surface area contributed by atoms with Crippen molar-refractivity contribution in [3.8, 4) is 11.5 Å². The third-order valence-corrected chi connectivity index (χ3v) is 6.62. The molecule has 1 fully saturated rings. The predicted molar refractivity (Wildman–Crippen MR) is 134 cm³/mol. The lowest BCUT2D eigenvalue weighted by Crippen LogP contribution is -2.54. The number of hydrogen-bond donors (Lipinski definition) is 1. The molecular formula is C27H35N3O5. The molecule has 1 aliphatic heterocycles. The molecule has 1 N–H and O–H groups in total. The van der Waals surface area contributed by atoms with Gasteiger partial charge in [-0.3, -0.25) is 14.4 Å². The summed E-state index contributed by atoms with van der Waals surface area (Å²) in [5.74, 6) is 0.643. The number of carbonyl (C=O) groups excluding carboxylic acids is 3. The van der Waals surface area contributed by atoms with Crippen LogP contribution < -0.4 is 14.8 Å². The maximum absolute atomic E-state index is 13.4. The third-order valence-electron chi connectivity index (χ3n) is 6.62. The van der Waals surface area contributed by atoms with Gasteiger partial charge in [-0.15, -0.1) is 0 Å². The topological polar surface area (TPSA) is 88.2 Å². The number of likely N-dealkylation sites (tertiary alicyclic amines) is 1. The monoisotopic (exact) mass is 481 g/mol. The molecule has 35 heavy (non-hydrogen) atoms. The molecule has 188 valence electrons. The number of benzene rings is 2. The van der Waals surface area contributed by atoms with Crippen molar-refractivity contribution in [2.75, 3.05) is 40.4 Å². The minimum absolute atomic E-state index is 0.0768. The van der Waals surface area contributed by atoms with Crippen LogP contribution in [0, 0.1) is 5.92 Å². The predicted octanol–water partition coefficient (Wildman–Crippen LogP) is 3.22. The molecule has 3 amide bonds. The maximum atomic E-state index is 13.4. The molecule has 0 spiro atoms. The Bertz CT molecular complexity index is 1010. The first kappa shape index (κ1) is 26.1. The Hall–Kier alpha value is -3.55. The lowest BCUT2D eigenvalue weighted by Gasteiger charge is -2.37. The highest BCUT2D eigenvalue weighted by atomic mass is 16.5. The number of ether oxygens (including phenoxy) is 2. The van der Waals surface area contributed by atoms with E-state index in [9.17, 15) is 14.4 Å². The lowest BCUT2D eigenvalue weighted by molar-refractivity contribution is -0.134. The van der Waals surface area contributed by atoms with Crippen LogP contribution in [-0.4, -0.2) is 74.0 Å². The molecule has 3 rings (SSSR count). The Kier molecular flexibility index (Phi) is 9.11. The normalized spacial score (nSPS) is 14.7. The summed E-state index contributed by atoms with van der Waals surface area (Å²) in [4.78, 5) is 43.0. The Morgan fingerprint density at radius 1 is 0.971 bits per heavy atom. The molecule has 8 heteroatoms. The van der Waals surface area contributed by atoms with Gasteiger partial charge in [-0.1, -0.05) is 12.1 Å². The molecule has 0 bridgehead atoms. The summed E-state index contributed by atoms with van der Waals surface area (Å²) in [6.45, 7) is 5.99. The smallest absolute Gasteiger partial charge is 0.257 e. The molecule has 1 atom stereocenters. The molecule has 1 heterocycles. The van der Waals surface area contributed by atoms with Crippen molar-refractivity contribution >= 4 is 17.7 Å². The van der Waals surface area contributed by atoms with E-state index in [0.717, 1.165) is 0 Å². The van der Waals surface area contributed by atoms with Gasteiger partial charge in [0.25, 0.3) is 11.8 Å². The molecule has 1 aliphatic rings. The number of rotatable bonds is 9. The summed E-state index contributed by atoms with van der Waals surface area (Å²) < 4.78 is 10.5. The number of amides is 3. The van der Waals surface area contributed by atoms with Gasteiger partial charge in [-0.2, -0.15) is 0 Å². The van der Waals surface area contributed by atoms with E-state index in [1.165, 1.54) is 0 Å². The Balaban J connectivity index is 1.74. The van der Waals surface area contributed by atoms with Crippen molar-refractivity contribution in [2.24, 2.45) is 5.92 Å². The van der Waals surface area contributed by atoms with Crippen LogP contribution in [0.5, 0.6) is 11.5 Å². The van der Waals surface area contributed by atoms with Crippen LogP contribution in [0.4, 0.5) is 0 Å². The SMILES string of the molecule is CCN(CC)C(=O)[C@H](NC(=O)c1ccc(OC)cc1)C1CCN(C(=O)c2ccccc2OC)CC1. The molecule has 0 radical (unpaired) electrons. The Labute approximate surface area is 207 Å². The number of carbonyl (C=O) groups is 3. The van der Waals surface area contributed by atoms with Crippen molar-refractivity contribution in [1.29, 1.82) is 0 Å². The van der Waals surface area contributed by atoms with Gasteiger partial charge in [0.2, 0.25) is 5.91 Å². The van der Waals surface area contributed by atoms with Gasteiger partial charge >= 0.3 is 0 Å². The Morgan fingerprint density at radius 3 is 2.17 bits per heavy atom. The molecule has 0 saturated carbocycles. The van der Waals surface area contributed by atoms with Crippen LogP contribution in [0.1, 0.15) is 47.4 Å². The van der Waals surface area contributed by atoms with Crippen LogP contribution in [0.15, 0.2) is 48.5 Å². The molecule has 2 aromatic rings. The number of likely N-dealkylation sites (N-methyl/N-ethyl adjacent to an activating group) is 1. The second-order valence-corrected chi connectivity index (χ2v) is 8.52. The van der Waals surface area contributed by atoms with E-state index in [2.05, 4.69) is 5.32 Å². The quantitative estimate of drug-likeness (QED) is 0.594. The van der Waals surface area contributed by atoms with Gasteiger partial charge in [0.1, 0.15) is 17.5 Å². The van der Waals surface area contributed by atoms with Gasteiger partial charge in [-0.25, -0.2) is 0 Å². The number of nitrogens with zero attached hydrogens (tertiary/aromatic N) is 2. The first-order chi connectivity index (χ1) is 16.9. The van der Waals surface area contributed by atoms with E-state index in [1.54, 1.807) is 60.4 Å². The lowest BCUT2D eigenvalue weighted by atomic mass is 9.87. The standard InChI is InChI=1S/C27H35N3O5/c1-5-29(6-2)27(33)24(28-25(31)20-11-13-21(34-3)14-12-20)19-15-17-30(18-16-19)26(32)22-9-7-8-10-23(22)35-4/h7-14,19,24H,5-6,15-18H2,1-4H3,(H,28,31)/t24-/m1/s1. The van der Waals surface area contributed by atoms with Gasteiger partial charge < -0.3 is 24.6 Å². The summed E-state index contributed by atoms with van der Waals surface area (Å²) in [6.07, 6.45) is 1.23. The van der Waals surface area contributed by atoms with E-state index in [4.69, 9.17) is 9.47 Å². The van der Waals surface area contributed by atoms with Crippen molar-refractivity contribution < 1.29 is 23.9 Å². The minimum Gasteiger partial charge on any atom is -0.497 e. The fraction of sp³-hybridized carbons (Fsp3) is 0.444. The van der Waals surface area contributed by atoms with Crippen LogP contribution in [0.2, 0.25) is 0 Å². The molecule has 2 aromatic carbocycles. The van der Waals surface area contributed by atoms with Gasteiger partial charge in [0, 0.05) is 31.7 Å². The van der Waals surface area contributed by atoms with E-state index >= 15 is 0 Å². The Morgan fingerprint density at radius 2 is 1.60 bits per heavy atom. The number of piperidine rings is 1. The number of methoxy groups -OCH3 is 2. The van der Waals surface area contributed by atoms with Crippen molar-refractivity contribution in [2.45, 2.75) is 32.7 Å². The third kappa shape index (κ3) is 6.12. The highest BCUT2D eigenvalue weighted by Gasteiger charge is 2.36. The van der Waals surface area contributed by atoms with Crippen molar-refractivity contribution in [3.05, 3.63) is 59.7 Å². The minimum atomic E-state index is -0.659. The summed E-state index contributed by atoms with van der Waals surface area (Å²) in [5.41, 5.74) is 0.990. The first-order valence-electron chi connectivity index (χ1n) is 12.1. The zero-order chi connectivity index (χ0) is 25.4. The van der Waals surface area contributed by atoms with Gasteiger partial charge in [-0.05, 0) is 69.0 Å². The maximum Gasteiger partial charge on any atom is 0.257 e.